The van der Waals surface area contributed by atoms with Crippen LogP contribution in [-0.2, 0) is 11.2 Å². The van der Waals surface area contributed by atoms with Crippen molar-refractivity contribution >= 4 is 11.6 Å². The van der Waals surface area contributed by atoms with E-state index in [1.165, 1.54) is 23.3 Å². The molecule has 0 radical (unpaired) electrons. The Morgan fingerprint density at radius 2 is 2.05 bits per heavy atom. The number of carbonyl (C=O) groups excluding carboxylic acids is 1. The zero-order valence-corrected chi connectivity index (χ0v) is 12.5. The maximum absolute atomic E-state index is 13.1. The quantitative estimate of drug-likeness (QED) is 0.908. The van der Waals surface area contributed by atoms with Crippen molar-refractivity contribution in [2.75, 3.05) is 5.32 Å². The number of aryl methyl sites for hydroxylation is 1. The molecule has 1 aliphatic carbocycles. The molecule has 0 fully saturated rings. The van der Waals surface area contributed by atoms with Gasteiger partial charge in [0.15, 0.2) is 0 Å². The summed E-state index contributed by atoms with van der Waals surface area (Å²) in [5, 5.41) is 6.10. The predicted molar refractivity (Wildman–Crippen MR) is 85.1 cm³/mol. The molecule has 0 aliphatic heterocycles. The Hall–Kier alpha value is -2.20. The lowest BCUT2D eigenvalue weighted by Crippen LogP contribution is -2.39. The first-order chi connectivity index (χ1) is 10.6. The van der Waals surface area contributed by atoms with Crippen LogP contribution in [0.2, 0.25) is 0 Å². The van der Waals surface area contributed by atoms with E-state index < -0.39 is 0 Å². The molecule has 0 saturated heterocycles. The average Bonchev–Trinajstić information content (AvgIpc) is 2.90. The second kappa shape index (κ2) is 6.28. The van der Waals surface area contributed by atoms with Gasteiger partial charge in [0.25, 0.3) is 0 Å². The van der Waals surface area contributed by atoms with Gasteiger partial charge in [-0.15, -0.1) is 0 Å². The molecule has 3 nitrogen and oxygen atoms in total. The van der Waals surface area contributed by atoms with Crippen LogP contribution in [0.1, 0.15) is 30.5 Å². The number of fused-ring (bicyclic) bond motifs is 1. The summed E-state index contributed by atoms with van der Waals surface area (Å²) in [4.78, 5) is 12.2. The number of benzene rings is 2. The second-order valence-electron chi connectivity index (χ2n) is 5.68. The highest BCUT2D eigenvalue weighted by Crippen LogP contribution is 2.31. The number of hydrogen-bond donors (Lipinski definition) is 2. The van der Waals surface area contributed by atoms with E-state index in [2.05, 4.69) is 22.8 Å². The molecule has 22 heavy (non-hydrogen) atoms. The second-order valence-corrected chi connectivity index (χ2v) is 5.68. The van der Waals surface area contributed by atoms with Crippen molar-refractivity contribution in [2.24, 2.45) is 0 Å². The van der Waals surface area contributed by atoms with E-state index in [1.54, 1.807) is 12.1 Å². The van der Waals surface area contributed by atoms with Gasteiger partial charge < -0.3 is 5.32 Å². The minimum absolute atomic E-state index is 0.157. The molecule has 1 amide bonds. The molecule has 0 unspecified atom stereocenters. The first kappa shape index (κ1) is 14.7. The Bertz CT molecular complexity index is 686. The van der Waals surface area contributed by atoms with Crippen molar-refractivity contribution in [1.29, 1.82) is 0 Å². The van der Waals surface area contributed by atoms with Crippen LogP contribution in [-0.4, -0.2) is 11.9 Å². The number of amides is 1. The van der Waals surface area contributed by atoms with Gasteiger partial charge in [-0.25, -0.2) is 4.39 Å². The molecular formula is C18H19FN2O. The third-order valence-corrected chi connectivity index (χ3v) is 4.07. The number of hydrogen-bond acceptors (Lipinski definition) is 2. The van der Waals surface area contributed by atoms with E-state index in [1.807, 2.05) is 19.1 Å². The lowest BCUT2D eigenvalue weighted by molar-refractivity contribution is -0.118. The number of carbonyl (C=O) groups is 1. The van der Waals surface area contributed by atoms with Crippen LogP contribution >= 0.6 is 0 Å². The minimum atomic E-state index is -0.358. The fourth-order valence-corrected chi connectivity index (χ4v) is 2.92. The monoisotopic (exact) mass is 298 g/mol. The maximum Gasteiger partial charge on any atom is 0.241 e. The van der Waals surface area contributed by atoms with E-state index in [9.17, 15) is 9.18 Å². The van der Waals surface area contributed by atoms with Crippen molar-refractivity contribution < 1.29 is 9.18 Å². The van der Waals surface area contributed by atoms with Crippen LogP contribution in [0.25, 0.3) is 0 Å². The Morgan fingerprint density at radius 1 is 1.23 bits per heavy atom. The topological polar surface area (TPSA) is 41.1 Å². The summed E-state index contributed by atoms with van der Waals surface area (Å²) in [6.07, 6.45) is 2.03. The third-order valence-electron chi connectivity index (χ3n) is 4.07. The van der Waals surface area contributed by atoms with Crippen LogP contribution in [0.5, 0.6) is 0 Å². The molecule has 0 aromatic heterocycles. The summed E-state index contributed by atoms with van der Waals surface area (Å²) in [7, 11) is 0. The fraction of sp³-hybridized carbons (Fsp3) is 0.278. The van der Waals surface area contributed by atoms with E-state index in [0.717, 1.165) is 12.8 Å². The SMILES string of the molecule is C[C@H](N[C@H]1CCc2ccccc21)C(=O)Nc1cccc(F)c1. The zero-order valence-electron chi connectivity index (χ0n) is 12.5. The molecule has 0 saturated carbocycles. The molecule has 1 aliphatic rings. The smallest absolute Gasteiger partial charge is 0.241 e. The van der Waals surface area contributed by atoms with Crippen LogP contribution < -0.4 is 10.6 Å². The summed E-state index contributed by atoms with van der Waals surface area (Å²) in [5.41, 5.74) is 3.09. The standard InChI is InChI=1S/C18H19FN2O/c1-12(18(22)21-15-7-4-6-14(19)11-15)20-17-10-9-13-5-2-3-8-16(13)17/h2-8,11-12,17,20H,9-10H2,1H3,(H,21,22)/t12-,17-/m0/s1. The Labute approximate surface area is 129 Å². The molecule has 0 spiro atoms. The number of nitrogens with one attached hydrogen (secondary N) is 2. The maximum atomic E-state index is 13.1. The molecule has 0 heterocycles. The van der Waals surface area contributed by atoms with Crippen molar-refractivity contribution in [3.8, 4) is 0 Å². The van der Waals surface area contributed by atoms with E-state index in [4.69, 9.17) is 0 Å². The van der Waals surface area contributed by atoms with Gasteiger partial charge in [-0.1, -0.05) is 30.3 Å². The van der Waals surface area contributed by atoms with Gasteiger partial charge in [-0.2, -0.15) is 0 Å². The summed E-state index contributed by atoms with van der Waals surface area (Å²) in [6.45, 7) is 1.83. The van der Waals surface area contributed by atoms with E-state index >= 15 is 0 Å². The van der Waals surface area contributed by atoms with Gasteiger partial charge in [-0.05, 0) is 49.1 Å². The molecule has 2 atom stereocenters. The number of anilines is 1. The van der Waals surface area contributed by atoms with E-state index in [0.29, 0.717) is 5.69 Å². The van der Waals surface area contributed by atoms with Crippen molar-refractivity contribution in [3.63, 3.8) is 0 Å². The Morgan fingerprint density at radius 3 is 2.86 bits per heavy atom. The fourth-order valence-electron chi connectivity index (χ4n) is 2.92. The van der Waals surface area contributed by atoms with Gasteiger partial charge in [0.1, 0.15) is 5.82 Å². The zero-order chi connectivity index (χ0) is 15.5. The highest BCUT2D eigenvalue weighted by Gasteiger charge is 2.25. The van der Waals surface area contributed by atoms with Gasteiger partial charge in [0.05, 0.1) is 6.04 Å². The Kier molecular flexibility index (Phi) is 4.20. The van der Waals surface area contributed by atoms with Gasteiger partial charge in [-0.3, -0.25) is 10.1 Å². The van der Waals surface area contributed by atoms with Crippen LogP contribution in [0, 0.1) is 5.82 Å². The molecule has 114 valence electrons. The first-order valence-corrected chi connectivity index (χ1v) is 7.54. The molecular weight excluding hydrogens is 279 g/mol. The molecule has 4 heteroatoms. The highest BCUT2D eigenvalue weighted by atomic mass is 19.1. The van der Waals surface area contributed by atoms with Crippen molar-refractivity contribution in [1.82, 2.24) is 5.32 Å². The van der Waals surface area contributed by atoms with Crippen molar-refractivity contribution in [2.45, 2.75) is 31.8 Å². The van der Waals surface area contributed by atoms with Crippen LogP contribution in [0.15, 0.2) is 48.5 Å². The number of halogens is 1. The summed E-state index contributed by atoms with van der Waals surface area (Å²) < 4.78 is 13.1. The largest absolute Gasteiger partial charge is 0.325 e. The molecule has 2 aromatic rings. The lowest BCUT2D eigenvalue weighted by Gasteiger charge is -2.20. The van der Waals surface area contributed by atoms with Crippen molar-refractivity contribution in [3.05, 3.63) is 65.5 Å². The van der Waals surface area contributed by atoms with Gasteiger partial charge in [0, 0.05) is 11.7 Å². The molecule has 3 rings (SSSR count). The summed E-state index contributed by atoms with van der Waals surface area (Å²) in [6, 6.07) is 14.1. The van der Waals surface area contributed by atoms with Gasteiger partial charge >= 0.3 is 0 Å². The molecule has 0 bridgehead atoms. The normalized spacial score (nSPS) is 17.8. The minimum Gasteiger partial charge on any atom is -0.325 e. The average molecular weight is 298 g/mol. The van der Waals surface area contributed by atoms with Crippen LogP contribution in [0.3, 0.4) is 0 Å². The lowest BCUT2D eigenvalue weighted by atomic mass is 10.1. The summed E-state index contributed by atoms with van der Waals surface area (Å²) >= 11 is 0. The number of rotatable bonds is 4. The van der Waals surface area contributed by atoms with E-state index in [-0.39, 0.29) is 23.8 Å². The summed E-state index contributed by atoms with van der Waals surface area (Å²) in [5.74, 6) is -0.516. The Balaban J connectivity index is 1.63. The predicted octanol–water partition coefficient (Wildman–Crippen LogP) is 3.43. The third kappa shape index (κ3) is 3.17. The van der Waals surface area contributed by atoms with Crippen LogP contribution in [0.4, 0.5) is 10.1 Å². The first-order valence-electron chi connectivity index (χ1n) is 7.54. The highest BCUT2D eigenvalue weighted by molar-refractivity contribution is 5.94. The molecule has 2 N–H and O–H groups in total. The van der Waals surface area contributed by atoms with Gasteiger partial charge in [0.2, 0.25) is 5.91 Å². The molecule has 2 aromatic carbocycles.